The molecule has 0 amide bonds. The summed E-state index contributed by atoms with van der Waals surface area (Å²) in [5.41, 5.74) is 1.10. The minimum absolute atomic E-state index is 0.295. The molecule has 0 atom stereocenters. The lowest BCUT2D eigenvalue weighted by atomic mass is 10.0. The molecule has 0 aliphatic carbocycles. The maximum atomic E-state index is 12.5. The van der Waals surface area contributed by atoms with Crippen LogP contribution in [-0.4, -0.2) is 58.8 Å². The van der Waals surface area contributed by atoms with Crippen LogP contribution in [0.15, 0.2) is 83.7 Å². The number of pyridine rings is 1. The average Bonchev–Trinajstić information content (AvgIpc) is 3.19. The first-order valence-corrected chi connectivity index (χ1v) is 10.4. The lowest BCUT2D eigenvalue weighted by molar-refractivity contribution is -0.130. The summed E-state index contributed by atoms with van der Waals surface area (Å²) in [6, 6.07) is 19.4. The normalized spacial score (nSPS) is 17.4. The fourth-order valence-electron chi connectivity index (χ4n) is 3.81. The van der Waals surface area contributed by atoms with Gasteiger partial charge in [-0.15, -0.1) is 0 Å². The number of rotatable bonds is 3. The average molecular weight is 426 g/mol. The molecule has 1 aromatic heterocycles. The van der Waals surface area contributed by atoms with E-state index in [1.54, 1.807) is 12.4 Å². The fraction of sp³-hybridized carbons (Fsp3) is 0.167. The van der Waals surface area contributed by atoms with Gasteiger partial charge in [-0.1, -0.05) is 42.5 Å². The number of cyclic esters (lactones) is 1. The van der Waals surface area contributed by atoms with Crippen molar-refractivity contribution in [2.75, 3.05) is 31.5 Å². The fourth-order valence-corrected chi connectivity index (χ4v) is 3.81. The second-order valence-corrected chi connectivity index (χ2v) is 7.56. The van der Waals surface area contributed by atoms with Gasteiger partial charge in [-0.3, -0.25) is 5.41 Å². The molecule has 160 valence electrons. The highest BCUT2D eigenvalue weighted by Gasteiger charge is 2.27. The van der Waals surface area contributed by atoms with Crippen LogP contribution < -0.4 is 5.32 Å². The van der Waals surface area contributed by atoms with Crippen LogP contribution in [0.2, 0.25) is 0 Å². The van der Waals surface area contributed by atoms with Gasteiger partial charge in [0, 0.05) is 44.1 Å². The molecule has 2 aromatic carbocycles. The summed E-state index contributed by atoms with van der Waals surface area (Å²) < 4.78 is 5.49. The van der Waals surface area contributed by atoms with E-state index in [1.807, 2.05) is 70.5 Å². The molecule has 3 aromatic rings. The zero-order valence-corrected chi connectivity index (χ0v) is 17.4. The van der Waals surface area contributed by atoms with Crippen molar-refractivity contribution >= 4 is 34.4 Å². The second kappa shape index (κ2) is 8.50. The van der Waals surface area contributed by atoms with E-state index in [0.29, 0.717) is 49.6 Å². The summed E-state index contributed by atoms with van der Waals surface area (Å²) in [5, 5.41) is 13.4. The Labute approximate surface area is 185 Å². The Morgan fingerprint density at radius 1 is 1.00 bits per heavy atom. The number of hydrogen-bond acceptors (Lipinski definition) is 6. The number of benzene rings is 2. The summed E-state index contributed by atoms with van der Waals surface area (Å²) in [7, 11) is 0. The number of aromatic nitrogens is 1. The van der Waals surface area contributed by atoms with Crippen LogP contribution in [0.1, 0.15) is 5.56 Å². The first-order chi connectivity index (χ1) is 15.7. The number of anilines is 1. The molecule has 0 bridgehead atoms. The van der Waals surface area contributed by atoms with Gasteiger partial charge in [0.2, 0.25) is 5.90 Å². The number of carbonyl (C=O) groups is 1. The van der Waals surface area contributed by atoms with Crippen molar-refractivity contribution in [2.45, 2.75) is 0 Å². The van der Waals surface area contributed by atoms with Crippen molar-refractivity contribution < 1.29 is 9.53 Å². The SMILES string of the molecule is N=C(Nc1ccccn1)N1CCN(/C=C2/N=C(c3cccc4ccccc34)OC2=O)CC1. The quantitative estimate of drug-likeness (QED) is 0.289. The Balaban J connectivity index is 1.26. The van der Waals surface area contributed by atoms with E-state index in [0.717, 1.165) is 16.3 Å². The van der Waals surface area contributed by atoms with Gasteiger partial charge >= 0.3 is 5.97 Å². The van der Waals surface area contributed by atoms with Gasteiger partial charge in [-0.2, -0.15) is 0 Å². The minimum atomic E-state index is -0.445. The number of ether oxygens (including phenoxy) is 1. The predicted octanol–water partition coefficient (Wildman–Crippen LogP) is 3.04. The second-order valence-electron chi connectivity index (χ2n) is 7.56. The Bertz CT molecular complexity index is 1220. The van der Waals surface area contributed by atoms with Gasteiger partial charge in [0.05, 0.1) is 0 Å². The topological polar surface area (TPSA) is 93.9 Å². The van der Waals surface area contributed by atoms with Crippen LogP contribution in [-0.2, 0) is 9.53 Å². The van der Waals surface area contributed by atoms with E-state index < -0.39 is 5.97 Å². The molecule has 2 aliphatic rings. The zero-order chi connectivity index (χ0) is 21.9. The minimum Gasteiger partial charge on any atom is -0.402 e. The van der Waals surface area contributed by atoms with E-state index in [-0.39, 0.29) is 0 Å². The van der Waals surface area contributed by atoms with Gasteiger partial charge in [-0.25, -0.2) is 14.8 Å². The third kappa shape index (κ3) is 4.02. The number of guanidine groups is 1. The molecule has 5 rings (SSSR count). The Hall–Kier alpha value is -4.20. The van der Waals surface area contributed by atoms with E-state index in [9.17, 15) is 4.79 Å². The van der Waals surface area contributed by atoms with Gasteiger partial charge in [-0.05, 0) is 29.0 Å². The molecule has 0 radical (unpaired) electrons. The van der Waals surface area contributed by atoms with Crippen LogP contribution in [0.5, 0.6) is 0 Å². The Morgan fingerprint density at radius 3 is 2.59 bits per heavy atom. The molecular weight excluding hydrogens is 404 g/mol. The van der Waals surface area contributed by atoms with E-state index in [4.69, 9.17) is 10.1 Å². The molecular formula is C24H22N6O2. The first kappa shape index (κ1) is 19.7. The highest BCUT2D eigenvalue weighted by atomic mass is 16.6. The molecule has 8 heteroatoms. The van der Waals surface area contributed by atoms with Crippen molar-refractivity contribution in [3.63, 3.8) is 0 Å². The lowest BCUT2D eigenvalue weighted by Gasteiger charge is -2.35. The summed E-state index contributed by atoms with van der Waals surface area (Å²) in [5.74, 6) is 0.844. The zero-order valence-electron chi connectivity index (χ0n) is 17.4. The molecule has 1 fully saturated rings. The standard InChI is InChI=1S/C24H22N6O2/c25-24(28-21-10-3-4-11-26-21)30-14-12-29(13-15-30)16-20-23(31)32-22(27-20)19-9-5-7-17-6-1-2-8-18(17)19/h1-11,16H,12-15H2,(H2,25,26,28)/b20-16+. The largest absolute Gasteiger partial charge is 0.402 e. The Kier molecular flexibility index (Phi) is 5.25. The maximum Gasteiger partial charge on any atom is 0.365 e. The van der Waals surface area contributed by atoms with Crippen LogP contribution in [0.3, 0.4) is 0 Å². The molecule has 2 N–H and O–H groups in total. The molecule has 0 unspecified atom stereocenters. The van der Waals surface area contributed by atoms with Gasteiger partial charge in [0.1, 0.15) is 5.82 Å². The molecule has 8 nitrogen and oxygen atoms in total. The van der Waals surface area contributed by atoms with Gasteiger partial charge < -0.3 is 19.9 Å². The number of hydrogen-bond donors (Lipinski definition) is 2. The van der Waals surface area contributed by atoms with E-state index in [1.165, 1.54) is 0 Å². The number of aliphatic imine (C=N–C) groups is 1. The molecule has 0 spiro atoms. The number of piperazine rings is 1. The van der Waals surface area contributed by atoms with Gasteiger partial charge in [0.15, 0.2) is 11.7 Å². The maximum absolute atomic E-state index is 12.5. The molecule has 32 heavy (non-hydrogen) atoms. The van der Waals surface area contributed by atoms with Crippen molar-refractivity contribution in [3.05, 3.63) is 84.3 Å². The van der Waals surface area contributed by atoms with Crippen LogP contribution in [0.4, 0.5) is 5.82 Å². The van der Waals surface area contributed by atoms with Crippen molar-refractivity contribution in [2.24, 2.45) is 4.99 Å². The van der Waals surface area contributed by atoms with Gasteiger partial charge in [0.25, 0.3) is 0 Å². The number of nitrogens with zero attached hydrogens (tertiary/aromatic N) is 4. The highest BCUT2D eigenvalue weighted by molar-refractivity contribution is 6.16. The van der Waals surface area contributed by atoms with Crippen LogP contribution >= 0.6 is 0 Å². The number of fused-ring (bicyclic) bond motifs is 1. The van der Waals surface area contributed by atoms with E-state index in [2.05, 4.69) is 15.3 Å². The van der Waals surface area contributed by atoms with Crippen molar-refractivity contribution in [1.82, 2.24) is 14.8 Å². The number of esters is 1. The summed E-state index contributed by atoms with van der Waals surface area (Å²) in [6.07, 6.45) is 3.45. The molecule has 2 aliphatic heterocycles. The monoisotopic (exact) mass is 426 g/mol. The summed E-state index contributed by atoms with van der Waals surface area (Å²) in [4.78, 5) is 25.1. The number of nitrogens with one attached hydrogen (secondary N) is 2. The predicted molar refractivity (Wildman–Crippen MR) is 123 cm³/mol. The van der Waals surface area contributed by atoms with Crippen molar-refractivity contribution in [1.29, 1.82) is 5.41 Å². The van der Waals surface area contributed by atoms with Crippen LogP contribution in [0, 0.1) is 5.41 Å². The van der Waals surface area contributed by atoms with Crippen LogP contribution in [0.25, 0.3) is 10.8 Å². The molecule has 0 saturated carbocycles. The number of carbonyl (C=O) groups excluding carboxylic acids is 1. The lowest BCUT2D eigenvalue weighted by Crippen LogP contribution is -2.48. The van der Waals surface area contributed by atoms with E-state index >= 15 is 0 Å². The third-order valence-corrected chi connectivity index (χ3v) is 5.49. The van der Waals surface area contributed by atoms with Crippen molar-refractivity contribution in [3.8, 4) is 0 Å². The summed E-state index contributed by atoms with van der Waals surface area (Å²) >= 11 is 0. The molecule has 3 heterocycles. The highest BCUT2D eigenvalue weighted by Crippen LogP contribution is 2.24. The molecule has 1 saturated heterocycles. The Morgan fingerprint density at radius 2 is 1.78 bits per heavy atom. The first-order valence-electron chi connectivity index (χ1n) is 10.4. The summed E-state index contributed by atoms with van der Waals surface area (Å²) in [6.45, 7) is 2.64. The smallest absolute Gasteiger partial charge is 0.365 e. The third-order valence-electron chi connectivity index (χ3n) is 5.49.